The summed E-state index contributed by atoms with van der Waals surface area (Å²) in [7, 11) is 0. The molecule has 0 aliphatic heterocycles. The molecule has 2 rings (SSSR count). The molecule has 0 amide bonds. The third-order valence-electron chi connectivity index (χ3n) is 2.81. The fraction of sp³-hybridized carbons (Fsp3) is 0.267. The largest absolute Gasteiger partial charge is 0.313 e. The van der Waals surface area contributed by atoms with Crippen LogP contribution in [-0.2, 0) is 13.0 Å². The number of halogens is 1. The van der Waals surface area contributed by atoms with E-state index in [1.54, 1.807) is 6.20 Å². The lowest BCUT2D eigenvalue weighted by Gasteiger charge is -2.06. The van der Waals surface area contributed by atoms with Gasteiger partial charge in [0.05, 0.1) is 0 Å². The van der Waals surface area contributed by atoms with Crippen molar-refractivity contribution in [3.63, 3.8) is 0 Å². The Kier molecular flexibility index (Phi) is 5.18. The second kappa shape index (κ2) is 7.14. The first-order valence-electron chi connectivity index (χ1n) is 6.19. The molecule has 2 aromatic rings. The molecule has 0 radical (unpaired) electrons. The first-order valence-corrected chi connectivity index (χ1v) is 6.57. The van der Waals surface area contributed by atoms with Crippen LogP contribution in [0.4, 0.5) is 0 Å². The van der Waals surface area contributed by atoms with Gasteiger partial charge in [0.1, 0.15) is 0 Å². The van der Waals surface area contributed by atoms with E-state index in [1.807, 2.05) is 30.5 Å². The number of pyridine rings is 1. The van der Waals surface area contributed by atoms with Crippen LogP contribution in [0.25, 0.3) is 0 Å². The Labute approximate surface area is 113 Å². The number of hydrogen-bond acceptors (Lipinski definition) is 2. The first kappa shape index (κ1) is 13.1. The lowest BCUT2D eigenvalue weighted by atomic mass is 10.1. The number of nitrogens with zero attached hydrogens (tertiary/aromatic N) is 1. The Hall–Kier alpha value is -1.38. The SMILES string of the molecule is Clc1ccccc1CCCNCc1cccnc1. The van der Waals surface area contributed by atoms with Gasteiger partial charge in [0.15, 0.2) is 0 Å². The molecule has 0 saturated heterocycles. The molecule has 0 atom stereocenters. The van der Waals surface area contributed by atoms with Gasteiger partial charge in [-0.2, -0.15) is 0 Å². The fourth-order valence-electron chi connectivity index (χ4n) is 1.84. The van der Waals surface area contributed by atoms with E-state index in [1.165, 1.54) is 11.1 Å². The van der Waals surface area contributed by atoms with E-state index < -0.39 is 0 Å². The monoisotopic (exact) mass is 260 g/mol. The lowest BCUT2D eigenvalue weighted by Crippen LogP contribution is -2.15. The van der Waals surface area contributed by atoms with Gasteiger partial charge in [-0.15, -0.1) is 0 Å². The highest BCUT2D eigenvalue weighted by Gasteiger charge is 1.98. The topological polar surface area (TPSA) is 24.9 Å². The maximum atomic E-state index is 6.10. The predicted molar refractivity (Wildman–Crippen MR) is 75.7 cm³/mol. The van der Waals surface area contributed by atoms with Crippen LogP contribution < -0.4 is 5.32 Å². The van der Waals surface area contributed by atoms with Gasteiger partial charge >= 0.3 is 0 Å². The van der Waals surface area contributed by atoms with E-state index in [2.05, 4.69) is 22.4 Å². The Bertz CT molecular complexity index is 471. The standard InChI is InChI=1S/C15H17ClN2/c16-15-8-2-1-6-14(15)7-4-10-18-12-13-5-3-9-17-11-13/h1-3,5-6,8-9,11,18H,4,7,10,12H2. The van der Waals surface area contributed by atoms with Crippen molar-refractivity contribution in [3.8, 4) is 0 Å². The minimum atomic E-state index is 0.866. The highest BCUT2D eigenvalue weighted by Crippen LogP contribution is 2.16. The number of rotatable bonds is 6. The van der Waals surface area contributed by atoms with Gasteiger partial charge in [0.25, 0.3) is 0 Å². The zero-order valence-electron chi connectivity index (χ0n) is 10.3. The summed E-state index contributed by atoms with van der Waals surface area (Å²) in [6, 6.07) is 12.1. The van der Waals surface area contributed by atoms with Crippen molar-refractivity contribution in [2.45, 2.75) is 19.4 Å². The van der Waals surface area contributed by atoms with Crippen molar-refractivity contribution in [3.05, 3.63) is 64.9 Å². The molecule has 1 aromatic heterocycles. The lowest BCUT2D eigenvalue weighted by molar-refractivity contribution is 0.648. The van der Waals surface area contributed by atoms with E-state index in [0.29, 0.717) is 0 Å². The number of hydrogen-bond donors (Lipinski definition) is 1. The average molecular weight is 261 g/mol. The molecule has 0 aliphatic rings. The van der Waals surface area contributed by atoms with E-state index in [0.717, 1.165) is 31.0 Å². The quantitative estimate of drug-likeness (QED) is 0.805. The van der Waals surface area contributed by atoms with E-state index in [4.69, 9.17) is 11.6 Å². The summed E-state index contributed by atoms with van der Waals surface area (Å²) in [6.45, 7) is 1.86. The average Bonchev–Trinajstić information content (AvgIpc) is 2.42. The molecule has 1 N–H and O–H groups in total. The Morgan fingerprint density at radius 1 is 1.11 bits per heavy atom. The summed E-state index contributed by atoms with van der Waals surface area (Å²) in [5, 5.41) is 4.27. The van der Waals surface area contributed by atoms with Crippen LogP contribution in [0, 0.1) is 0 Å². The zero-order chi connectivity index (χ0) is 12.6. The number of aryl methyl sites for hydroxylation is 1. The molecule has 0 aliphatic carbocycles. The molecule has 1 heterocycles. The first-order chi connectivity index (χ1) is 8.86. The van der Waals surface area contributed by atoms with Crippen LogP contribution in [0.3, 0.4) is 0 Å². The minimum Gasteiger partial charge on any atom is -0.313 e. The molecule has 2 nitrogen and oxygen atoms in total. The fourth-order valence-corrected chi connectivity index (χ4v) is 2.07. The highest BCUT2D eigenvalue weighted by atomic mass is 35.5. The van der Waals surface area contributed by atoms with Gasteiger partial charge in [-0.05, 0) is 42.6 Å². The van der Waals surface area contributed by atoms with Gasteiger partial charge < -0.3 is 5.32 Å². The van der Waals surface area contributed by atoms with Crippen LogP contribution in [0.2, 0.25) is 5.02 Å². The zero-order valence-corrected chi connectivity index (χ0v) is 11.0. The van der Waals surface area contributed by atoms with Crippen molar-refractivity contribution < 1.29 is 0 Å². The molecule has 0 unspecified atom stereocenters. The third kappa shape index (κ3) is 4.13. The van der Waals surface area contributed by atoms with Crippen LogP contribution in [-0.4, -0.2) is 11.5 Å². The maximum absolute atomic E-state index is 6.10. The second-order valence-electron chi connectivity index (χ2n) is 4.23. The molecule has 0 saturated carbocycles. The molecular weight excluding hydrogens is 244 g/mol. The van der Waals surface area contributed by atoms with Crippen LogP contribution in [0.5, 0.6) is 0 Å². The number of nitrogens with one attached hydrogen (secondary N) is 1. The van der Waals surface area contributed by atoms with Crippen LogP contribution in [0.15, 0.2) is 48.8 Å². The Morgan fingerprint density at radius 2 is 2.00 bits per heavy atom. The number of benzene rings is 1. The third-order valence-corrected chi connectivity index (χ3v) is 3.18. The Morgan fingerprint density at radius 3 is 2.78 bits per heavy atom. The summed E-state index contributed by atoms with van der Waals surface area (Å²) in [5.74, 6) is 0. The molecule has 3 heteroatoms. The van der Waals surface area contributed by atoms with Gasteiger partial charge in [-0.1, -0.05) is 35.9 Å². The van der Waals surface area contributed by atoms with Crippen molar-refractivity contribution in [1.82, 2.24) is 10.3 Å². The van der Waals surface area contributed by atoms with Gasteiger partial charge in [0, 0.05) is 24.0 Å². The van der Waals surface area contributed by atoms with Gasteiger partial charge in [-0.25, -0.2) is 0 Å². The summed E-state index contributed by atoms with van der Waals surface area (Å²) >= 11 is 6.10. The molecular formula is C15H17ClN2. The van der Waals surface area contributed by atoms with Crippen molar-refractivity contribution in [1.29, 1.82) is 0 Å². The van der Waals surface area contributed by atoms with Gasteiger partial charge in [0.2, 0.25) is 0 Å². The van der Waals surface area contributed by atoms with Crippen LogP contribution in [0.1, 0.15) is 17.5 Å². The second-order valence-corrected chi connectivity index (χ2v) is 4.64. The molecule has 0 bridgehead atoms. The molecule has 0 fully saturated rings. The van der Waals surface area contributed by atoms with Crippen molar-refractivity contribution in [2.24, 2.45) is 0 Å². The van der Waals surface area contributed by atoms with Crippen molar-refractivity contribution in [2.75, 3.05) is 6.54 Å². The van der Waals surface area contributed by atoms with E-state index in [9.17, 15) is 0 Å². The van der Waals surface area contributed by atoms with Gasteiger partial charge in [-0.3, -0.25) is 4.98 Å². The predicted octanol–water partition coefficient (Wildman–Crippen LogP) is 3.46. The highest BCUT2D eigenvalue weighted by molar-refractivity contribution is 6.31. The van der Waals surface area contributed by atoms with Crippen molar-refractivity contribution >= 4 is 11.6 Å². The number of aromatic nitrogens is 1. The van der Waals surface area contributed by atoms with E-state index >= 15 is 0 Å². The summed E-state index contributed by atoms with van der Waals surface area (Å²) in [4.78, 5) is 4.09. The normalized spacial score (nSPS) is 10.5. The maximum Gasteiger partial charge on any atom is 0.0437 e. The molecule has 94 valence electrons. The summed E-state index contributed by atoms with van der Waals surface area (Å²) in [5.41, 5.74) is 2.44. The van der Waals surface area contributed by atoms with E-state index in [-0.39, 0.29) is 0 Å². The van der Waals surface area contributed by atoms with Crippen LogP contribution >= 0.6 is 11.6 Å². The molecule has 1 aromatic carbocycles. The smallest absolute Gasteiger partial charge is 0.0437 e. The molecule has 18 heavy (non-hydrogen) atoms. The Balaban J connectivity index is 1.66. The summed E-state index contributed by atoms with van der Waals surface area (Å²) < 4.78 is 0. The minimum absolute atomic E-state index is 0.866. The molecule has 0 spiro atoms. The summed E-state index contributed by atoms with van der Waals surface area (Å²) in [6.07, 6.45) is 5.78.